The van der Waals surface area contributed by atoms with Crippen molar-refractivity contribution in [2.75, 3.05) is 5.32 Å². The third kappa shape index (κ3) is 4.94. The minimum atomic E-state index is -1.40. The van der Waals surface area contributed by atoms with Gasteiger partial charge in [-0.2, -0.15) is 0 Å². The molecule has 9 heteroatoms. The Balaban J connectivity index is 1.54. The topological polar surface area (TPSA) is 46.2 Å². The van der Waals surface area contributed by atoms with Crippen LogP contribution in [0.3, 0.4) is 0 Å². The smallest absolute Gasteiger partial charge is 0.231 e. The molecule has 1 fully saturated rings. The maximum Gasteiger partial charge on any atom is 0.231 e. The monoisotopic (exact) mass is 541 g/mol. The predicted molar refractivity (Wildman–Crippen MR) is 131 cm³/mol. The van der Waals surface area contributed by atoms with Gasteiger partial charge < -0.3 is 5.32 Å². The lowest BCUT2D eigenvalue weighted by molar-refractivity contribution is -0.117. The Kier molecular flexibility index (Phi) is 6.94. The molecule has 0 heterocycles. The summed E-state index contributed by atoms with van der Waals surface area (Å²) in [5, 5.41) is 2.92. The number of rotatable bonds is 6. The van der Waals surface area contributed by atoms with Crippen LogP contribution in [0, 0.1) is 24.5 Å². The number of ketones is 1. The number of hydrogen-bond acceptors (Lipinski definition) is 2. The second kappa shape index (κ2) is 9.46. The van der Waals surface area contributed by atoms with Crippen LogP contribution < -0.4 is 5.32 Å². The van der Waals surface area contributed by atoms with E-state index in [9.17, 15) is 18.4 Å². The first kappa shape index (κ1) is 24.9. The lowest BCUT2D eigenvalue weighted by Gasteiger charge is -2.12. The number of nitrogens with one attached hydrogen (secondary N) is 1. The van der Waals surface area contributed by atoms with E-state index in [4.69, 9.17) is 46.4 Å². The fourth-order valence-corrected chi connectivity index (χ4v) is 5.15. The second-order valence-electron chi connectivity index (χ2n) is 8.15. The SMILES string of the molecule is Cc1c(Cl)cc(NC(=O)C2C(c3ccc(F)c(Cl)c3)C2(Cl)Cl)cc1C(=O)Cc1ccc(F)cc1. The van der Waals surface area contributed by atoms with Crippen molar-refractivity contribution in [3.8, 4) is 0 Å². The van der Waals surface area contributed by atoms with E-state index in [0.29, 0.717) is 33.0 Å². The fourth-order valence-electron chi connectivity index (χ4n) is 3.92. The molecule has 34 heavy (non-hydrogen) atoms. The molecule has 3 aromatic rings. The van der Waals surface area contributed by atoms with E-state index in [-0.39, 0.29) is 17.2 Å². The molecule has 176 valence electrons. The quantitative estimate of drug-likeness (QED) is 0.258. The molecule has 1 aliphatic carbocycles. The number of alkyl halides is 2. The van der Waals surface area contributed by atoms with Crippen LogP contribution in [-0.2, 0) is 11.2 Å². The average molecular weight is 543 g/mol. The van der Waals surface area contributed by atoms with Gasteiger partial charge in [-0.15, -0.1) is 23.2 Å². The number of hydrogen-bond donors (Lipinski definition) is 1. The van der Waals surface area contributed by atoms with Gasteiger partial charge in [0, 0.05) is 28.6 Å². The molecule has 0 radical (unpaired) electrons. The molecule has 2 unspecified atom stereocenters. The molecule has 1 aliphatic rings. The summed E-state index contributed by atoms with van der Waals surface area (Å²) in [5.74, 6) is -3.11. The molecule has 1 saturated carbocycles. The first-order valence-electron chi connectivity index (χ1n) is 10.2. The van der Waals surface area contributed by atoms with Gasteiger partial charge in [0.25, 0.3) is 0 Å². The molecular formula is C25H17Cl4F2NO2. The van der Waals surface area contributed by atoms with Crippen LogP contribution in [0.1, 0.15) is 33.0 Å². The highest BCUT2D eigenvalue weighted by Crippen LogP contribution is 2.65. The van der Waals surface area contributed by atoms with Gasteiger partial charge in [0.05, 0.1) is 10.9 Å². The summed E-state index contributed by atoms with van der Waals surface area (Å²) in [6, 6.07) is 12.7. The summed E-state index contributed by atoms with van der Waals surface area (Å²) in [5.41, 5.74) is 2.36. The Morgan fingerprint density at radius 2 is 1.65 bits per heavy atom. The molecule has 3 nitrogen and oxygen atoms in total. The maximum absolute atomic E-state index is 13.5. The number of halogens is 6. The van der Waals surface area contributed by atoms with E-state index in [2.05, 4.69) is 5.32 Å². The third-order valence-electron chi connectivity index (χ3n) is 5.83. The largest absolute Gasteiger partial charge is 0.326 e. The molecular weight excluding hydrogens is 526 g/mol. The van der Waals surface area contributed by atoms with E-state index in [1.54, 1.807) is 6.92 Å². The normalized spacial score (nSPS) is 18.4. The fraction of sp³-hybridized carbons (Fsp3) is 0.200. The minimum absolute atomic E-state index is 0.0390. The Morgan fingerprint density at radius 3 is 2.29 bits per heavy atom. The number of carbonyl (C=O) groups is 2. The summed E-state index contributed by atoms with van der Waals surface area (Å²) in [4.78, 5) is 25.9. The summed E-state index contributed by atoms with van der Waals surface area (Å²) >= 11 is 24.9. The van der Waals surface area contributed by atoms with E-state index in [1.807, 2.05) is 0 Å². The lowest BCUT2D eigenvalue weighted by atomic mass is 9.98. The maximum atomic E-state index is 13.5. The third-order valence-corrected chi connectivity index (χ3v) is 7.45. The van der Waals surface area contributed by atoms with Crippen molar-refractivity contribution in [2.45, 2.75) is 23.6 Å². The number of Topliss-reactive ketones (excluding diaryl/α,β-unsaturated/α-hetero) is 1. The molecule has 0 spiro atoms. The standard InChI is InChI=1S/C25H17Cl4F2NO2/c1-12-17(21(33)8-13-2-5-15(30)6-3-13)10-16(11-18(12)26)32-24(34)23-22(25(23,28)29)14-4-7-20(31)19(27)9-14/h2-7,9-11,22-23H,8H2,1H3,(H,32,34). The van der Waals surface area contributed by atoms with E-state index in [0.717, 1.165) is 0 Å². The zero-order valence-corrected chi connectivity index (χ0v) is 20.7. The van der Waals surface area contributed by atoms with Gasteiger partial charge in [-0.05, 0) is 60.0 Å². The van der Waals surface area contributed by atoms with E-state index in [1.165, 1.54) is 54.6 Å². The molecule has 4 rings (SSSR count). The Labute approximate surface area is 215 Å². The van der Waals surface area contributed by atoms with Crippen LogP contribution >= 0.6 is 46.4 Å². The molecule has 2 atom stereocenters. The van der Waals surface area contributed by atoms with Gasteiger partial charge in [-0.3, -0.25) is 9.59 Å². The number of anilines is 1. The summed E-state index contributed by atoms with van der Waals surface area (Å²) in [6.45, 7) is 1.70. The van der Waals surface area contributed by atoms with Gasteiger partial charge in [0.2, 0.25) is 5.91 Å². The average Bonchev–Trinajstić information content (AvgIpc) is 3.36. The van der Waals surface area contributed by atoms with Crippen molar-refractivity contribution >= 4 is 63.8 Å². The van der Waals surface area contributed by atoms with Crippen molar-refractivity contribution in [3.63, 3.8) is 0 Å². The van der Waals surface area contributed by atoms with Gasteiger partial charge in [0.1, 0.15) is 16.0 Å². The Bertz CT molecular complexity index is 1290. The van der Waals surface area contributed by atoms with Gasteiger partial charge in [-0.1, -0.05) is 41.4 Å². The van der Waals surface area contributed by atoms with Gasteiger partial charge in [0.15, 0.2) is 5.78 Å². The Hall–Kier alpha value is -2.18. The molecule has 0 saturated heterocycles. The highest BCUT2D eigenvalue weighted by molar-refractivity contribution is 6.53. The van der Waals surface area contributed by atoms with Crippen molar-refractivity contribution in [1.82, 2.24) is 0 Å². The van der Waals surface area contributed by atoms with Crippen molar-refractivity contribution < 1.29 is 18.4 Å². The van der Waals surface area contributed by atoms with Crippen molar-refractivity contribution in [3.05, 3.63) is 98.5 Å². The first-order chi connectivity index (χ1) is 16.0. The van der Waals surface area contributed by atoms with Crippen molar-refractivity contribution in [1.29, 1.82) is 0 Å². The molecule has 0 aromatic heterocycles. The van der Waals surface area contributed by atoms with Crippen molar-refractivity contribution in [2.24, 2.45) is 5.92 Å². The zero-order chi connectivity index (χ0) is 24.8. The van der Waals surface area contributed by atoms with Crippen LogP contribution in [0.5, 0.6) is 0 Å². The molecule has 3 aromatic carbocycles. The number of carbonyl (C=O) groups excluding carboxylic acids is 2. The van der Waals surface area contributed by atoms with Gasteiger partial charge >= 0.3 is 0 Å². The minimum Gasteiger partial charge on any atom is -0.326 e. The van der Waals surface area contributed by atoms with Crippen LogP contribution in [0.25, 0.3) is 0 Å². The first-order valence-corrected chi connectivity index (χ1v) is 11.7. The molecule has 1 amide bonds. The number of amides is 1. The van der Waals surface area contributed by atoms with Crippen LogP contribution in [0.15, 0.2) is 54.6 Å². The summed E-state index contributed by atoms with van der Waals surface area (Å²) in [7, 11) is 0. The van der Waals surface area contributed by atoms with Crippen LogP contribution in [0.4, 0.5) is 14.5 Å². The predicted octanol–water partition coefficient (Wildman–Crippen LogP) is 7.53. The lowest BCUT2D eigenvalue weighted by Crippen LogP contribution is -2.18. The molecule has 0 aliphatic heterocycles. The van der Waals surface area contributed by atoms with E-state index < -0.39 is 33.7 Å². The molecule has 0 bridgehead atoms. The highest BCUT2D eigenvalue weighted by Gasteiger charge is 2.67. The second-order valence-corrected chi connectivity index (χ2v) is 10.4. The van der Waals surface area contributed by atoms with Crippen LogP contribution in [0.2, 0.25) is 10.0 Å². The Morgan fingerprint density at radius 1 is 0.971 bits per heavy atom. The highest BCUT2D eigenvalue weighted by atomic mass is 35.5. The van der Waals surface area contributed by atoms with E-state index >= 15 is 0 Å². The summed E-state index contributed by atoms with van der Waals surface area (Å²) in [6.07, 6.45) is 0.0390. The molecule has 1 N–H and O–H groups in total. The van der Waals surface area contributed by atoms with Crippen LogP contribution in [-0.4, -0.2) is 16.0 Å². The zero-order valence-electron chi connectivity index (χ0n) is 17.6. The number of benzene rings is 3. The summed E-state index contributed by atoms with van der Waals surface area (Å²) < 4.78 is 25.3. The van der Waals surface area contributed by atoms with Gasteiger partial charge in [-0.25, -0.2) is 8.78 Å².